The number of carbonyl (C=O) groups excluding carboxylic acids is 7. The summed E-state index contributed by atoms with van der Waals surface area (Å²) in [4.78, 5) is 92.7. The molecule has 750 valence electrons. The summed E-state index contributed by atoms with van der Waals surface area (Å²) in [6.07, 6.45) is 2.92. The van der Waals surface area contributed by atoms with Gasteiger partial charge in [0.1, 0.15) is 11.6 Å². The van der Waals surface area contributed by atoms with Crippen LogP contribution in [0.25, 0.3) is 0 Å². The summed E-state index contributed by atoms with van der Waals surface area (Å²) in [6, 6.07) is 0. The predicted molar refractivity (Wildman–Crippen MR) is 526 cm³/mol. The van der Waals surface area contributed by atoms with Crippen LogP contribution in [0.5, 0.6) is 0 Å². The summed E-state index contributed by atoms with van der Waals surface area (Å²) in [5.41, 5.74) is 3.95. The normalized spacial score (nSPS) is 15.7. The molecule has 0 aromatic carbocycles. The Morgan fingerprint density at radius 2 is 0.552 bits per heavy atom. The molecule has 0 aliphatic carbocycles. The van der Waals surface area contributed by atoms with Crippen molar-refractivity contribution < 1.29 is 76.2 Å². The Bertz CT molecular complexity index is 2730. The van der Waals surface area contributed by atoms with Gasteiger partial charge in [-0.25, -0.2) is 0 Å². The van der Waals surface area contributed by atoms with Crippen LogP contribution < -0.4 is 5.73 Å². The molecule has 2 N–H and O–H groups in total. The number of ether oxygens (including phenoxy) is 9. The largest absolute Gasteiger partial charge is 0.465 e. The molecule has 1 unspecified atom stereocenters. The summed E-state index contributed by atoms with van der Waals surface area (Å²) in [7, 11) is 6.36. The molecule has 0 saturated carbocycles. The lowest BCUT2D eigenvalue weighted by Gasteiger charge is -2.34. The molecule has 125 heavy (non-hydrogen) atoms. The number of hydrogen-bond donors (Lipinski definition) is 1. The van der Waals surface area contributed by atoms with Crippen LogP contribution >= 0.6 is 0 Å². The van der Waals surface area contributed by atoms with Crippen molar-refractivity contribution in [1.82, 2.24) is 24.5 Å². The minimum Gasteiger partial charge on any atom is -0.465 e. The summed E-state index contributed by atoms with van der Waals surface area (Å²) in [5.74, 6) is -1.02. The van der Waals surface area contributed by atoms with Gasteiger partial charge in [-0.1, -0.05) is 221 Å². The van der Waals surface area contributed by atoms with E-state index in [2.05, 4.69) is 177 Å². The van der Waals surface area contributed by atoms with E-state index >= 15 is 0 Å². The zero-order valence-corrected chi connectivity index (χ0v) is 92.6. The topological polar surface area (TPSA) is 245 Å². The summed E-state index contributed by atoms with van der Waals surface area (Å²) < 4.78 is 47.2. The van der Waals surface area contributed by atoms with E-state index in [0.717, 1.165) is 111 Å². The third kappa shape index (κ3) is 91.7. The minimum absolute atomic E-state index is 0.000903. The number of nitrogens with two attached hydrogens (primary N) is 1. The SMILES string of the molecule is CC(C)(C)CN1CCOCC1.CC(C)(C)COC(=O)C(C)(C)C.CC(C)(C)COC(=O)C(C)(C)C.CC(C)(C)COC(=O)C(C)(C)C.CC(C)(C)COC(=O)C(C)(C)CCN1CCOCC1.CC(C)(C)COC(=O)C(C)(C)N.CC(OC(=O)C(C)(C)C)C(C)(C)C.CCC(C)(C)C.CN(C)CC(C)(C)C.CN1CCN(CCC(C)(C)C(=O)OCC(C)(C)C)CC1. The van der Waals surface area contributed by atoms with Crippen molar-refractivity contribution in [3.05, 3.63) is 0 Å². The van der Waals surface area contributed by atoms with E-state index in [1.54, 1.807) is 13.8 Å². The van der Waals surface area contributed by atoms with E-state index in [4.69, 9.17) is 48.4 Å². The quantitative estimate of drug-likeness (QED) is 0.0990. The molecule has 3 rings (SSSR count). The van der Waals surface area contributed by atoms with Crippen LogP contribution in [0.15, 0.2) is 0 Å². The van der Waals surface area contributed by atoms with Gasteiger partial charge >= 0.3 is 41.8 Å². The maximum absolute atomic E-state index is 12.2. The van der Waals surface area contributed by atoms with Crippen molar-refractivity contribution >= 4 is 41.8 Å². The highest BCUT2D eigenvalue weighted by molar-refractivity contribution is 5.80. The van der Waals surface area contributed by atoms with Gasteiger partial charge in [-0.2, -0.15) is 0 Å². The molecule has 0 spiro atoms. The Kier molecular flexibility index (Phi) is 62.3. The number of nitrogens with zero attached hydrogens (tertiary/aromatic N) is 5. The molecule has 22 heteroatoms. The lowest BCUT2D eigenvalue weighted by molar-refractivity contribution is -0.163. The second-order valence-corrected chi connectivity index (χ2v) is 53.0. The first kappa shape index (κ1) is 134. The first-order valence-electron chi connectivity index (χ1n) is 46.6. The lowest BCUT2D eigenvalue weighted by Crippen LogP contribution is -2.45. The van der Waals surface area contributed by atoms with Gasteiger partial charge in [-0.05, 0) is 233 Å². The number of piperazine rings is 1. The predicted octanol–water partition coefficient (Wildman–Crippen LogP) is 22.2. The van der Waals surface area contributed by atoms with Crippen molar-refractivity contribution in [2.45, 2.75) is 377 Å². The number of rotatable bonds is 18. The first-order valence-corrected chi connectivity index (χ1v) is 46.6. The van der Waals surface area contributed by atoms with Gasteiger partial charge in [0.2, 0.25) is 0 Å². The van der Waals surface area contributed by atoms with Crippen molar-refractivity contribution in [2.75, 3.05) is 166 Å². The molecule has 3 aliphatic heterocycles. The smallest absolute Gasteiger partial charge is 0.325 e. The van der Waals surface area contributed by atoms with Crippen LogP contribution in [0.1, 0.15) is 365 Å². The number of hydrogen-bond acceptors (Lipinski definition) is 22. The molecule has 3 aliphatic rings. The standard InChI is InChI=1S/C16H32N2O2.C15H29NO3.C11H22O2.3C10H20O2.C9H19NO2.C9H19NO.C7H17N.C6H14/c1-15(2,3)13-20-14(19)16(4,5)7-8-18-11-9-17(6)10-12-18;1-14(2,3)12-19-13(17)15(4,5)6-7-16-8-10-18-11-9-16;1-8(10(2,3)4)13-9(12)11(5,6)7;3*1-9(2,3)7-12-8(11)10(4,5)6;1-8(2,3)6-12-7(11)9(4,5)10;1-9(2,3)8-10-4-6-11-7-5-10;1-7(2,3)6-8(4)5;1-5-6(2,3)4/h7-13H2,1-6H3;6-12H2,1-5H3;8H,1-7H3;3*7H2,1-6H3;6,10H2,1-5H3;4-8H2,1-3H3;6H2,1-5H3;5H2,1-4H3. The van der Waals surface area contributed by atoms with Crippen LogP contribution in [0.3, 0.4) is 0 Å². The molecular formula is C103H212N6O16. The lowest BCUT2D eigenvalue weighted by atomic mass is 9.89. The van der Waals surface area contributed by atoms with Crippen molar-refractivity contribution in [3.8, 4) is 0 Å². The van der Waals surface area contributed by atoms with E-state index < -0.39 is 21.8 Å². The zero-order chi connectivity index (χ0) is 101. The number of esters is 7. The van der Waals surface area contributed by atoms with Gasteiger partial charge < -0.3 is 63.1 Å². The maximum Gasteiger partial charge on any atom is 0.325 e. The third-order valence-corrected chi connectivity index (χ3v) is 17.9. The molecule has 3 heterocycles. The van der Waals surface area contributed by atoms with E-state index in [9.17, 15) is 33.6 Å². The molecule has 0 aromatic rings. The highest BCUT2D eigenvalue weighted by Gasteiger charge is 2.36. The zero-order valence-electron chi connectivity index (χ0n) is 92.6. The summed E-state index contributed by atoms with van der Waals surface area (Å²) in [6.45, 7) is 120. The monoisotopic (exact) mass is 1790 g/mol. The molecule has 0 aromatic heterocycles. The average molecular weight is 1790 g/mol. The number of carbonyl (C=O) groups is 7. The Morgan fingerprint density at radius 1 is 0.320 bits per heavy atom. The van der Waals surface area contributed by atoms with Crippen LogP contribution in [-0.2, 0) is 76.2 Å². The highest BCUT2D eigenvalue weighted by Crippen LogP contribution is 2.30. The number of likely N-dealkylation sites (N-methyl/N-ethyl adjacent to an activating group) is 1. The van der Waals surface area contributed by atoms with Crippen LogP contribution in [-0.4, -0.2) is 244 Å². The number of morpholine rings is 2. The van der Waals surface area contributed by atoms with Crippen molar-refractivity contribution in [1.29, 1.82) is 0 Å². The molecule has 3 saturated heterocycles. The molecule has 0 bridgehead atoms. The summed E-state index contributed by atoms with van der Waals surface area (Å²) in [5, 5.41) is 0. The average Bonchev–Trinajstić information content (AvgIpc) is 0.865. The van der Waals surface area contributed by atoms with Crippen LogP contribution in [0.2, 0.25) is 0 Å². The van der Waals surface area contributed by atoms with Gasteiger partial charge in [0.25, 0.3) is 0 Å². The Labute approximate surface area is 773 Å². The molecule has 3 fully saturated rings. The van der Waals surface area contributed by atoms with E-state index in [1.165, 1.54) is 13.0 Å². The second-order valence-electron chi connectivity index (χ2n) is 53.0. The molecule has 0 radical (unpaired) electrons. The van der Waals surface area contributed by atoms with Gasteiger partial charge in [-0.3, -0.25) is 43.4 Å². The Morgan fingerprint density at radius 3 is 0.744 bits per heavy atom. The summed E-state index contributed by atoms with van der Waals surface area (Å²) >= 11 is 0. The van der Waals surface area contributed by atoms with Crippen LogP contribution in [0, 0.1) is 86.6 Å². The maximum atomic E-state index is 12.2. The van der Waals surface area contributed by atoms with Gasteiger partial charge in [0, 0.05) is 65.4 Å². The van der Waals surface area contributed by atoms with Gasteiger partial charge in [-0.15, -0.1) is 0 Å². The fourth-order valence-corrected chi connectivity index (χ4v) is 8.79. The van der Waals surface area contributed by atoms with E-state index in [0.29, 0.717) is 55.9 Å². The Hall–Kier alpha value is -4.03. The highest BCUT2D eigenvalue weighted by atomic mass is 16.6. The first-order chi connectivity index (χ1) is 54.9. The van der Waals surface area contributed by atoms with Crippen molar-refractivity contribution in [3.63, 3.8) is 0 Å². The van der Waals surface area contributed by atoms with Crippen LogP contribution in [0.4, 0.5) is 0 Å². The molecule has 0 amide bonds. The second kappa shape index (κ2) is 58.1. The fraction of sp³-hybridized carbons (Fsp3) is 0.932. The molecular weight excluding hydrogens is 1580 g/mol. The van der Waals surface area contributed by atoms with E-state index in [-0.39, 0.29) is 102 Å². The molecule has 22 nitrogen and oxygen atoms in total. The minimum atomic E-state index is -0.884. The van der Waals surface area contributed by atoms with Gasteiger partial charge in [0.05, 0.1) is 98.6 Å². The third-order valence-electron chi connectivity index (χ3n) is 17.9. The molecule has 1 atom stereocenters. The van der Waals surface area contributed by atoms with Crippen molar-refractivity contribution in [2.24, 2.45) is 92.4 Å². The Balaban J connectivity index is -0.000000251. The fourth-order valence-electron chi connectivity index (χ4n) is 8.79. The van der Waals surface area contributed by atoms with E-state index in [1.807, 2.05) is 201 Å². The van der Waals surface area contributed by atoms with Gasteiger partial charge in [0.15, 0.2) is 0 Å².